The van der Waals surface area contributed by atoms with Gasteiger partial charge >= 0.3 is 0 Å². The molecule has 0 fully saturated rings. The second-order valence-corrected chi connectivity index (χ2v) is 6.75. The lowest BCUT2D eigenvalue weighted by Crippen LogP contribution is -2.27. The van der Waals surface area contributed by atoms with E-state index < -0.39 is 0 Å². The Labute approximate surface area is 178 Å². The van der Waals surface area contributed by atoms with Gasteiger partial charge in [-0.25, -0.2) is 4.98 Å². The third-order valence-electron chi connectivity index (χ3n) is 4.56. The van der Waals surface area contributed by atoms with E-state index in [9.17, 15) is 9.59 Å². The maximum absolute atomic E-state index is 12.5. The topological polar surface area (TPSA) is 82.5 Å². The van der Waals surface area contributed by atoms with Crippen molar-refractivity contribution in [3.05, 3.63) is 89.3 Å². The quantitative estimate of drug-likeness (QED) is 0.489. The van der Waals surface area contributed by atoms with Gasteiger partial charge in [0.1, 0.15) is 23.8 Å². The van der Waals surface area contributed by atoms with Crippen LogP contribution in [0.1, 0.15) is 6.92 Å². The summed E-state index contributed by atoms with van der Waals surface area (Å²) in [5.74, 6) is 1.80. The number of hydrogen-bond donors (Lipinski definition) is 1. The summed E-state index contributed by atoms with van der Waals surface area (Å²) in [5, 5.41) is 2.80. The number of carbonyl (C=O) groups is 1. The molecular formula is C24H21N3O4. The highest BCUT2D eigenvalue weighted by atomic mass is 16.5. The highest BCUT2D eigenvalue weighted by molar-refractivity contribution is 5.91. The van der Waals surface area contributed by atoms with E-state index in [0.717, 1.165) is 5.75 Å². The summed E-state index contributed by atoms with van der Waals surface area (Å²) in [6.45, 7) is 2.44. The van der Waals surface area contributed by atoms with Gasteiger partial charge in [-0.05, 0) is 67.6 Å². The van der Waals surface area contributed by atoms with Gasteiger partial charge in [0.15, 0.2) is 0 Å². The first-order valence-corrected chi connectivity index (χ1v) is 9.87. The van der Waals surface area contributed by atoms with Crippen LogP contribution in [-0.4, -0.2) is 22.1 Å². The van der Waals surface area contributed by atoms with Crippen LogP contribution in [-0.2, 0) is 11.3 Å². The molecule has 0 saturated heterocycles. The van der Waals surface area contributed by atoms with E-state index in [4.69, 9.17) is 9.47 Å². The first-order chi connectivity index (χ1) is 15.1. The van der Waals surface area contributed by atoms with Gasteiger partial charge in [-0.1, -0.05) is 12.1 Å². The van der Waals surface area contributed by atoms with E-state index in [1.165, 1.54) is 10.8 Å². The van der Waals surface area contributed by atoms with Gasteiger partial charge < -0.3 is 14.8 Å². The molecule has 31 heavy (non-hydrogen) atoms. The maximum atomic E-state index is 12.5. The summed E-state index contributed by atoms with van der Waals surface area (Å²) < 4.78 is 12.6. The number of aromatic nitrogens is 2. The van der Waals surface area contributed by atoms with Crippen LogP contribution < -0.4 is 20.3 Å². The molecule has 0 unspecified atom stereocenters. The number of amides is 1. The molecular weight excluding hydrogens is 394 g/mol. The molecule has 0 aliphatic carbocycles. The molecule has 3 aromatic carbocycles. The van der Waals surface area contributed by atoms with Gasteiger partial charge in [-0.2, -0.15) is 0 Å². The Kier molecular flexibility index (Phi) is 5.93. The highest BCUT2D eigenvalue weighted by Gasteiger charge is 2.09. The summed E-state index contributed by atoms with van der Waals surface area (Å²) in [7, 11) is 0. The Morgan fingerprint density at radius 2 is 1.58 bits per heavy atom. The van der Waals surface area contributed by atoms with Crippen molar-refractivity contribution in [2.45, 2.75) is 13.5 Å². The van der Waals surface area contributed by atoms with Crippen LogP contribution in [0.15, 0.2) is 83.8 Å². The lowest BCUT2D eigenvalue weighted by Gasteiger charge is -2.11. The Bertz CT molecular complexity index is 1250. The van der Waals surface area contributed by atoms with Gasteiger partial charge in [0, 0.05) is 5.69 Å². The second kappa shape index (κ2) is 9.13. The van der Waals surface area contributed by atoms with Gasteiger partial charge in [0.05, 0.1) is 23.8 Å². The highest BCUT2D eigenvalue weighted by Crippen LogP contribution is 2.25. The molecule has 0 atom stereocenters. The van der Waals surface area contributed by atoms with Crippen molar-refractivity contribution < 1.29 is 14.3 Å². The van der Waals surface area contributed by atoms with Crippen molar-refractivity contribution in [2.75, 3.05) is 11.9 Å². The molecule has 4 aromatic rings. The van der Waals surface area contributed by atoms with Crippen molar-refractivity contribution in [2.24, 2.45) is 0 Å². The fourth-order valence-corrected chi connectivity index (χ4v) is 3.13. The van der Waals surface area contributed by atoms with E-state index in [2.05, 4.69) is 10.3 Å². The zero-order valence-electron chi connectivity index (χ0n) is 16.9. The Balaban J connectivity index is 1.41. The molecule has 0 saturated carbocycles. The van der Waals surface area contributed by atoms with Crippen LogP contribution in [0.5, 0.6) is 17.2 Å². The van der Waals surface area contributed by atoms with E-state index >= 15 is 0 Å². The van der Waals surface area contributed by atoms with Crippen molar-refractivity contribution in [3.8, 4) is 17.2 Å². The molecule has 0 aliphatic heterocycles. The summed E-state index contributed by atoms with van der Waals surface area (Å²) in [6.07, 6.45) is 1.22. The molecule has 1 aromatic heterocycles. The molecule has 1 N–H and O–H groups in total. The van der Waals surface area contributed by atoms with Crippen LogP contribution in [0.3, 0.4) is 0 Å². The number of carbonyl (C=O) groups excluding carboxylic acids is 1. The van der Waals surface area contributed by atoms with Crippen molar-refractivity contribution >= 4 is 22.6 Å². The third-order valence-corrected chi connectivity index (χ3v) is 4.56. The average molecular weight is 415 g/mol. The van der Waals surface area contributed by atoms with E-state index in [-0.39, 0.29) is 18.0 Å². The van der Waals surface area contributed by atoms with Crippen molar-refractivity contribution in [1.82, 2.24) is 9.55 Å². The molecule has 0 bridgehead atoms. The van der Waals surface area contributed by atoms with E-state index in [1.54, 1.807) is 42.5 Å². The maximum Gasteiger partial charge on any atom is 0.269 e. The smallest absolute Gasteiger partial charge is 0.269 e. The largest absolute Gasteiger partial charge is 0.494 e. The fourth-order valence-electron chi connectivity index (χ4n) is 3.13. The fraction of sp³-hybridized carbons (Fsp3) is 0.125. The number of para-hydroxylation sites is 2. The summed E-state index contributed by atoms with van der Waals surface area (Å²) in [5.41, 5.74) is 1.55. The summed E-state index contributed by atoms with van der Waals surface area (Å²) in [4.78, 5) is 28.8. The summed E-state index contributed by atoms with van der Waals surface area (Å²) >= 11 is 0. The van der Waals surface area contributed by atoms with Crippen LogP contribution in [0.2, 0.25) is 0 Å². The van der Waals surface area contributed by atoms with Crippen molar-refractivity contribution in [1.29, 1.82) is 0 Å². The number of anilines is 1. The zero-order valence-corrected chi connectivity index (χ0v) is 16.9. The summed E-state index contributed by atoms with van der Waals surface area (Å²) in [6, 6.07) is 21.6. The van der Waals surface area contributed by atoms with Gasteiger partial charge in [0.25, 0.3) is 5.56 Å². The minimum absolute atomic E-state index is 0.105. The predicted molar refractivity (Wildman–Crippen MR) is 119 cm³/mol. The third kappa shape index (κ3) is 4.90. The number of nitrogens with one attached hydrogen (secondary N) is 1. The minimum Gasteiger partial charge on any atom is -0.494 e. The Morgan fingerprint density at radius 3 is 2.29 bits per heavy atom. The lowest BCUT2D eigenvalue weighted by atomic mass is 10.2. The molecule has 0 aliphatic rings. The second-order valence-electron chi connectivity index (χ2n) is 6.75. The monoisotopic (exact) mass is 415 g/mol. The first-order valence-electron chi connectivity index (χ1n) is 9.87. The number of rotatable bonds is 7. The van der Waals surface area contributed by atoms with Crippen LogP contribution in [0.25, 0.3) is 11.0 Å². The number of ether oxygens (including phenoxy) is 2. The van der Waals surface area contributed by atoms with Crippen molar-refractivity contribution in [3.63, 3.8) is 0 Å². The van der Waals surface area contributed by atoms with Gasteiger partial charge in [-0.3, -0.25) is 14.2 Å². The Morgan fingerprint density at radius 1 is 0.935 bits per heavy atom. The molecule has 7 heteroatoms. The molecule has 7 nitrogen and oxygen atoms in total. The van der Waals surface area contributed by atoms with Gasteiger partial charge in [0.2, 0.25) is 5.91 Å². The zero-order chi connectivity index (χ0) is 21.6. The van der Waals surface area contributed by atoms with E-state index in [1.807, 2.05) is 37.3 Å². The number of fused-ring (bicyclic) bond motifs is 1. The minimum atomic E-state index is -0.326. The lowest BCUT2D eigenvalue weighted by molar-refractivity contribution is -0.116. The number of benzene rings is 3. The molecule has 1 heterocycles. The normalized spacial score (nSPS) is 10.6. The average Bonchev–Trinajstić information content (AvgIpc) is 2.79. The molecule has 4 rings (SSSR count). The first kappa shape index (κ1) is 20.2. The molecule has 0 radical (unpaired) electrons. The Hall–Kier alpha value is -4.13. The van der Waals surface area contributed by atoms with Crippen LogP contribution in [0.4, 0.5) is 5.69 Å². The van der Waals surface area contributed by atoms with Crippen LogP contribution >= 0.6 is 0 Å². The van der Waals surface area contributed by atoms with Crippen LogP contribution in [0, 0.1) is 0 Å². The standard InChI is InChI=1S/C24H21N3O4/c1-2-30-18-11-13-20(14-12-18)31-19-9-7-17(8-10-19)26-23(28)16-27-22-6-4-3-5-21(22)25-15-24(27)29/h3-15H,2,16H2,1H3,(H,26,28). The molecule has 0 spiro atoms. The SMILES string of the molecule is CCOc1ccc(Oc2ccc(NC(=O)Cn3c(=O)cnc4ccccc43)cc2)cc1. The molecule has 1 amide bonds. The number of nitrogens with zero attached hydrogens (tertiary/aromatic N) is 2. The molecule has 156 valence electrons. The predicted octanol–water partition coefficient (Wildman–Crippen LogP) is 4.23. The number of hydrogen-bond acceptors (Lipinski definition) is 5. The van der Waals surface area contributed by atoms with Gasteiger partial charge in [-0.15, -0.1) is 0 Å². The van der Waals surface area contributed by atoms with E-state index in [0.29, 0.717) is 34.8 Å².